The van der Waals surface area contributed by atoms with E-state index in [1.807, 2.05) is 50.1 Å². The van der Waals surface area contributed by atoms with E-state index in [-0.39, 0.29) is 24.0 Å². The Hall–Kier alpha value is -5.32. The van der Waals surface area contributed by atoms with Crippen LogP contribution >= 0.6 is 0 Å². The maximum Gasteiger partial charge on any atom is 0.410 e. The number of rotatable bonds is 4. The van der Waals surface area contributed by atoms with E-state index in [1.54, 1.807) is 29.2 Å². The van der Waals surface area contributed by atoms with Crippen LogP contribution in [0, 0.1) is 5.82 Å². The molecule has 0 radical (unpaired) electrons. The molecule has 2 bridgehead atoms. The molecule has 0 unspecified atom stereocenters. The lowest BCUT2D eigenvalue weighted by Gasteiger charge is -2.36. The molecule has 2 aliphatic rings. The van der Waals surface area contributed by atoms with E-state index in [0.717, 1.165) is 52.3 Å². The number of aromatic amines is 1. The molecule has 4 aromatic heterocycles. The molecule has 2 saturated heterocycles. The summed E-state index contributed by atoms with van der Waals surface area (Å²) in [4.78, 5) is 26.2. The van der Waals surface area contributed by atoms with Crippen molar-refractivity contribution in [1.29, 1.82) is 0 Å². The SMILES string of the molecule is CC(C)(C)OC(=O)N1C[C@@H]2C[C@H]1CN2c1ccc(-c2ccn3nc(-c4ccncc4)c(-c4ccc(F)c5[nH]ncc45)c3n2)cc1. The molecule has 6 aromatic rings. The summed E-state index contributed by atoms with van der Waals surface area (Å²) in [5.74, 6) is -0.370. The minimum atomic E-state index is -0.506. The van der Waals surface area contributed by atoms with Crippen molar-refractivity contribution in [1.82, 2.24) is 34.7 Å². The predicted octanol–water partition coefficient (Wildman–Crippen LogP) is 6.34. The van der Waals surface area contributed by atoms with Crippen molar-refractivity contribution < 1.29 is 13.9 Å². The zero-order valence-corrected chi connectivity index (χ0v) is 25.1. The number of hydrogen-bond acceptors (Lipinski definition) is 7. The summed E-state index contributed by atoms with van der Waals surface area (Å²) in [6.07, 6.45) is 7.70. The number of pyridine rings is 1. The van der Waals surface area contributed by atoms with Gasteiger partial charge in [0, 0.05) is 59.9 Å². The smallest absolute Gasteiger partial charge is 0.410 e. The van der Waals surface area contributed by atoms with Crippen LogP contribution in [0.4, 0.5) is 14.9 Å². The van der Waals surface area contributed by atoms with Crippen molar-refractivity contribution in [3.8, 4) is 33.6 Å². The van der Waals surface area contributed by atoms with Crippen LogP contribution < -0.4 is 4.90 Å². The van der Waals surface area contributed by atoms with E-state index in [1.165, 1.54) is 6.07 Å². The Balaban J connectivity index is 1.13. The van der Waals surface area contributed by atoms with Crippen molar-refractivity contribution in [2.24, 2.45) is 0 Å². The third-order valence-corrected chi connectivity index (χ3v) is 8.64. The lowest BCUT2D eigenvalue weighted by Crippen LogP contribution is -2.50. The molecule has 2 aliphatic heterocycles. The number of nitrogens with one attached hydrogen (secondary N) is 1. The van der Waals surface area contributed by atoms with Gasteiger partial charge in [-0.15, -0.1) is 0 Å². The fourth-order valence-corrected chi connectivity index (χ4v) is 6.62. The van der Waals surface area contributed by atoms with Crippen molar-refractivity contribution in [3.63, 3.8) is 0 Å². The van der Waals surface area contributed by atoms with Gasteiger partial charge in [-0.3, -0.25) is 10.1 Å². The van der Waals surface area contributed by atoms with Gasteiger partial charge in [0.15, 0.2) is 5.65 Å². The number of carbonyl (C=O) groups is 1. The topological polar surface area (TPSA) is 105 Å². The Bertz CT molecular complexity index is 2070. The summed E-state index contributed by atoms with van der Waals surface area (Å²) in [7, 11) is 0. The van der Waals surface area contributed by atoms with Crippen LogP contribution in [-0.4, -0.2) is 71.5 Å². The quantitative estimate of drug-likeness (QED) is 0.251. The highest BCUT2D eigenvalue weighted by molar-refractivity contribution is 6.03. The highest BCUT2D eigenvalue weighted by Gasteiger charge is 2.46. The molecule has 6 heterocycles. The van der Waals surface area contributed by atoms with Gasteiger partial charge in [-0.25, -0.2) is 18.7 Å². The van der Waals surface area contributed by atoms with Crippen LogP contribution in [0.1, 0.15) is 27.2 Å². The number of anilines is 1. The van der Waals surface area contributed by atoms with Gasteiger partial charge in [0.25, 0.3) is 0 Å². The lowest BCUT2D eigenvalue weighted by atomic mass is 9.98. The zero-order chi connectivity index (χ0) is 30.9. The molecule has 2 aromatic carbocycles. The van der Waals surface area contributed by atoms with Crippen molar-refractivity contribution in [3.05, 3.63) is 85.2 Å². The van der Waals surface area contributed by atoms with E-state index < -0.39 is 5.60 Å². The van der Waals surface area contributed by atoms with Gasteiger partial charge < -0.3 is 14.5 Å². The van der Waals surface area contributed by atoms with Gasteiger partial charge in [0.05, 0.1) is 23.5 Å². The van der Waals surface area contributed by atoms with Gasteiger partial charge in [-0.2, -0.15) is 10.2 Å². The number of carbonyl (C=O) groups excluding carboxylic acids is 1. The zero-order valence-electron chi connectivity index (χ0n) is 25.1. The maximum absolute atomic E-state index is 14.6. The van der Waals surface area contributed by atoms with Crippen molar-refractivity contribution >= 4 is 28.3 Å². The van der Waals surface area contributed by atoms with E-state index in [2.05, 4.69) is 44.3 Å². The summed E-state index contributed by atoms with van der Waals surface area (Å²) < 4.78 is 22.0. The summed E-state index contributed by atoms with van der Waals surface area (Å²) >= 11 is 0. The van der Waals surface area contributed by atoms with Crippen LogP contribution in [0.25, 0.3) is 50.2 Å². The Labute approximate surface area is 258 Å². The summed E-state index contributed by atoms with van der Waals surface area (Å²) in [6.45, 7) is 7.14. The number of likely N-dealkylation sites (tertiary alicyclic amines) is 1. The summed E-state index contributed by atoms with van der Waals surface area (Å²) in [5, 5.41) is 12.4. The van der Waals surface area contributed by atoms with Gasteiger partial charge in [0.2, 0.25) is 0 Å². The van der Waals surface area contributed by atoms with Crippen LogP contribution in [0.15, 0.2) is 79.4 Å². The van der Waals surface area contributed by atoms with Gasteiger partial charge in [-0.05, 0) is 69.2 Å². The Kier molecular flexibility index (Phi) is 6.12. The van der Waals surface area contributed by atoms with Crippen molar-refractivity contribution in [2.75, 3.05) is 18.0 Å². The first kappa shape index (κ1) is 27.2. The van der Waals surface area contributed by atoms with Gasteiger partial charge >= 0.3 is 6.09 Å². The fraction of sp³-hybridized carbons (Fsp3) is 0.265. The third-order valence-electron chi connectivity index (χ3n) is 8.64. The fourth-order valence-electron chi connectivity index (χ4n) is 6.62. The van der Waals surface area contributed by atoms with Gasteiger partial charge in [0.1, 0.15) is 22.6 Å². The maximum atomic E-state index is 14.6. The first-order valence-electron chi connectivity index (χ1n) is 15.0. The molecular formula is C34H31FN8O2. The largest absolute Gasteiger partial charge is 0.444 e. The number of ether oxygens (including phenoxy) is 1. The third kappa shape index (κ3) is 4.66. The van der Waals surface area contributed by atoms with Gasteiger partial charge in [-0.1, -0.05) is 18.2 Å². The van der Waals surface area contributed by atoms with E-state index >= 15 is 0 Å². The average Bonchev–Trinajstić information content (AvgIpc) is 3.84. The number of piperazine rings is 1. The summed E-state index contributed by atoms with van der Waals surface area (Å²) in [5.41, 5.74) is 6.52. The molecule has 226 valence electrons. The average molecular weight is 603 g/mol. The highest BCUT2D eigenvalue weighted by Crippen LogP contribution is 2.40. The van der Waals surface area contributed by atoms with Crippen LogP contribution in [0.5, 0.6) is 0 Å². The normalized spacial score (nSPS) is 18.0. The standard InChI is InChI=1S/C34H31FN8O2/c1-34(2,3)45-33(44)42-19-23-16-24(42)18-41(23)22-6-4-20(5-7-22)28-12-15-43-32(38-28)29(30(40-43)21-10-13-36-14-11-21)25-8-9-27(35)31-26(25)17-37-39-31/h4-15,17,23-24H,16,18-19H2,1-3H3,(H,37,39)/t23-,24-/m0/s1. The number of benzene rings is 2. The second kappa shape index (κ2) is 10.1. The molecule has 0 aliphatic carbocycles. The molecule has 11 heteroatoms. The number of H-pyrrole nitrogens is 1. The number of aromatic nitrogens is 6. The first-order valence-corrected chi connectivity index (χ1v) is 15.0. The second-order valence-electron chi connectivity index (χ2n) is 12.7. The number of nitrogens with zero attached hydrogens (tertiary/aromatic N) is 7. The minimum absolute atomic E-state index is 0.150. The number of hydrogen-bond donors (Lipinski definition) is 1. The number of amides is 1. The minimum Gasteiger partial charge on any atom is -0.444 e. The molecule has 0 spiro atoms. The Morgan fingerprint density at radius 3 is 2.51 bits per heavy atom. The van der Waals surface area contributed by atoms with Crippen LogP contribution in [0.2, 0.25) is 0 Å². The molecular weight excluding hydrogens is 571 g/mol. The monoisotopic (exact) mass is 602 g/mol. The molecule has 0 saturated carbocycles. The molecule has 45 heavy (non-hydrogen) atoms. The highest BCUT2D eigenvalue weighted by atomic mass is 19.1. The van der Waals surface area contributed by atoms with E-state index in [9.17, 15) is 9.18 Å². The molecule has 2 atom stereocenters. The molecule has 10 nitrogen and oxygen atoms in total. The predicted molar refractivity (Wildman–Crippen MR) is 169 cm³/mol. The molecule has 2 fully saturated rings. The number of fused-ring (bicyclic) bond motifs is 4. The van der Waals surface area contributed by atoms with E-state index in [4.69, 9.17) is 14.8 Å². The molecule has 1 amide bonds. The Morgan fingerprint density at radius 2 is 1.78 bits per heavy atom. The first-order chi connectivity index (χ1) is 21.7. The summed E-state index contributed by atoms with van der Waals surface area (Å²) in [6, 6.07) is 17.8. The molecule has 1 N–H and O–H groups in total. The van der Waals surface area contributed by atoms with Crippen LogP contribution in [-0.2, 0) is 4.74 Å². The lowest BCUT2D eigenvalue weighted by molar-refractivity contribution is 0.0214. The second-order valence-corrected chi connectivity index (χ2v) is 12.7. The molecule has 8 rings (SSSR count). The van der Waals surface area contributed by atoms with Crippen molar-refractivity contribution in [2.45, 2.75) is 44.9 Å². The Morgan fingerprint density at radius 1 is 0.978 bits per heavy atom. The van der Waals surface area contributed by atoms with Crippen LogP contribution in [0.3, 0.4) is 0 Å². The van der Waals surface area contributed by atoms with E-state index in [0.29, 0.717) is 23.1 Å². The number of halogens is 1.